The lowest BCUT2D eigenvalue weighted by molar-refractivity contribution is -0.121. The Hall–Kier alpha value is -1.67. The van der Waals surface area contributed by atoms with E-state index in [0.717, 1.165) is 31.2 Å². The molecule has 0 saturated carbocycles. The van der Waals surface area contributed by atoms with Crippen molar-refractivity contribution in [1.29, 1.82) is 0 Å². The summed E-state index contributed by atoms with van der Waals surface area (Å²) >= 11 is 1.50. The van der Waals surface area contributed by atoms with Crippen molar-refractivity contribution in [1.82, 2.24) is 19.7 Å². The van der Waals surface area contributed by atoms with Gasteiger partial charge in [-0.15, -0.1) is 11.3 Å². The molecule has 1 atom stereocenters. The van der Waals surface area contributed by atoms with Crippen LogP contribution >= 0.6 is 11.3 Å². The van der Waals surface area contributed by atoms with E-state index < -0.39 is 0 Å². The number of nitrogens with one attached hydrogen (secondary N) is 1. The van der Waals surface area contributed by atoms with Crippen LogP contribution < -0.4 is 5.32 Å². The lowest BCUT2D eigenvalue weighted by Gasteiger charge is -2.32. The van der Waals surface area contributed by atoms with Gasteiger partial charge in [0.25, 0.3) is 0 Å². The Kier molecular flexibility index (Phi) is 6.70. The van der Waals surface area contributed by atoms with Gasteiger partial charge < -0.3 is 15.1 Å². The normalized spacial score (nSPS) is 21.9. The lowest BCUT2D eigenvalue weighted by atomic mass is 9.96. The van der Waals surface area contributed by atoms with Gasteiger partial charge in [0.15, 0.2) is 5.13 Å². The number of hydrogen-bond acceptors (Lipinski definition) is 5. The Labute approximate surface area is 165 Å². The number of carbonyl (C=O) groups is 2. The van der Waals surface area contributed by atoms with Gasteiger partial charge in [-0.05, 0) is 38.1 Å². The number of amides is 3. The van der Waals surface area contributed by atoms with E-state index >= 15 is 0 Å². The van der Waals surface area contributed by atoms with Gasteiger partial charge in [0.05, 0.1) is 5.69 Å². The number of carbonyl (C=O) groups excluding carboxylic acids is 2. The number of urea groups is 1. The van der Waals surface area contributed by atoms with E-state index in [2.05, 4.69) is 22.1 Å². The Morgan fingerprint density at radius 2 is 2.00 bits per heavy atom. The number of thiazole rings is 1. The largest absolute Gasteiger partial charge is 0.331 e. The van der Waals surface area contributed by atoms with Crippen molar-refractivity contribution in [3.8, 4) is 0 Å². The summed E-state index contributed by atoms with van der Waals surface area (Å²) in [4.78, 5) is 35.0. The number of hydrogen-bond donors (Lipinski definition) is 1. The van der Waals surface area contributed by atoms with Crippen LogP contribution in [0.15, 0.2) is 5.38 Å². The summed E-state index contributed by atoms with van der Waals surface area (Å²) in [6.45, 7) is 6.69. The van der Waals surface area contributed by atoms with E-state index in [0.29, 0.717) is 31.1 Å². The predicted octanol–water partition coefficient (Wildman–Crippen LogP) is 2.71. The van der Waals surface area contributed by atoms with Gasteiger partial charge in [0.2, 0.25) is 5.91 Å². The van der Waals surface area contributed by atoms with E-state index in [1.54, 1.807) is 19.0 Å². The highest BCUT2D eigenvalue weighted by atomic mass is 32.1. The molecule has 8 heteroatoms. The molecule has 0 spiro atoms. The highest BCUT2D eigenvalue weighted by Crippen LogP contribution is 2.23. The fraction of sp³-hybridized carbons (Fsp3) is 0.737. The standard InChI is InChI=1S/C19H31N5O2S/c1-14-5-4-8-23(11-14)12-16-13-27-18(20-16)21-17(25)15-6-9-24(10-7-15)19(26)22(2)3/h13-15H,4-12H2,1-3H3,(H,20,21,25). The van der Waals surface area contributed by atoms with Crippen LogP contribution in [0.5, 0.6) is 0 Å². The maximum absolute atomic E-state index is 12.6. The molecule has 7 nitrogen and oxygen atoms in total. The predicted molar refractivity (Wildman–Crippen MR) is 108 cm³/mol. The molecule has 3 rings (SSSR count). The molecule has 0 aliphatic carbocycles. The first-order valence-electron chi connectivity index (χ1n) is 9.86. The number of nitrogens with zero attached hydrogens (tertiary/aromatic N) is 4. The Morgan fingerprint density at radius 3 is 2.67 bits per heavy atom. The van der Waals surface area contributed by atoms with Gasteiger partial charge >= 0.3 is 6.03 Å². The fourth-order valence-corrected chi connectivity index (χ4v) is 4.62. The van der Waals surface area contributed by atoms with Crippen LogP contribution in [0.25, 0.3) is 0 Å². The van der Waals surface area contributed by atoms with E-state index in [1.165, 1.54) is 24.2 Å². The maximum atomic E-state index is 12.6. The molecule has 27 heavy (non-hydrogen) atoms. The van der Waals surface area contributed by atoms with E-state index in [1.807, 2.05) is 10.3 Å². The molecule has 2 aliphatic heterocycles. The minimum atomic E-state index is -0.0495. The molecule has 0 bridgehead atoms. The monoisotopic (exact) mass is 393 g/mol. The second-order valence-electron chi connectivity index (χ2n) is 8.05. The molecule has 1 aromatic heterocycles. The molecule has 2 saturated heterocycles. The summed E-state index contributed by atoms with van der Waals surface area (Å²) in [5.41, 5.74) is 1.04. The van der Waals surface area contributed by atoms with E-state index in [-0.39, 0.29) is 17.9 Å². The molecular weight excluding hydrogens is 362 g/mol. The molecular formula is C19H31N5O2S. The first kappa shape index (κ1) is 20.1. The summed E-state index contributed by atoms with van der Waals surface area (Å²) in [5.74, 6) is 0.729. The van der Waals surface area contributed by atoms with E-state index in [9.17, 15) is 9.59 Å². The van der Waals surface area contributed by atoms with Crippen molar-refractivity contribution in [3.63, 3.8) is 0 Å². The smallest absolute Gasteiger partial charge is 0.319 e. The van der Waals surface area contributed by atoms with Crippen molar-refractivity contribution in [2.45, 2.75) is 39.2 Å². The lowest BCUT2D eigenvalue weighted by Crippen LogP contribution is -2.45. The first-order chi connectivity index (χ1) is 12.9. The number of piperidine rings is 2. The summed E-state index contributed by atoms with van der Waals surface area (Å²) in [7, 11) is 3.51. The van der Waals surface area contributed by atoms with Crippen molar-refractivity contribution >= 4 is 28.4 Å². The highest BCUT2D eigenvalue weighted by Gasteiger charge is 2.28. The molecule has 1 unspecified atom stereocenters. The van der Waals surface area contributed by atoms with Gasteiger partial charge in [-0.25, -0.2) is 9.78 Å². The minimum absolute atomic E-state index is 0.0189. The average molecular weight is 394 g/mol. The van der Waals surface area contributed by atoms with Gasteiger partial charge in [-0.1, -0.05) is 6.92 Å². The second kappa shape index (κ2) is 9.01. The van der Waals surface area contributed by atoms with Crippen LogP contribution in [-0.2, 0) is 11.3 Å². The van der Waals surface area contributed by atoms with Crippen LogP contribution in [0.4, 0.5) is 9.93 Å². The van der Waals surface area contributed by atoms with Crippen LogP contribution in [0.1, 0.15) is 38.3 Å². The third kappa shape index (κ3) is 5.42. The highest BCUT2D eigenvalue weighted by molar-refractivity contribution is 7.13. The number of anilines is 1. The molecule has 3 heterocycles. The van der Waals surface area contributed by atoms with Crippen molar-refractivity contribution < 1.29 is 9.59 Å². The molecule has 0 radical (unpaired) electrons. The van der Waals surface area contributed by atoms with Gasteiger partial charge in [-0.2, -0.15) is 0 Å². The van der Waals surface area contributed by atoms with E-state index in [4.69, 9.17) is 0 Å². The Bertz CT molecular complexity index is 654. The zero-order valence-corrected chi connectivity index (χ0v) is 17.4. The van der Waals surface area contributed by atoms with Crippen molar-refractivity contribution in [2.75, 3.05) is 45.6 Å². The van der Waals surface area contributed by atoms with Crippen molar-refractivity contribution in [2.24, 2.45) is 11.8 Å². The van der Waals surface area contributed by atoms with Crippen LogP contribution in [0.2, 0.25) is 0 Å². The Balaban J connectivity index is 1.46. The third-order valence-electron chi connectivity index (χ3n) is 5.43. The first-order valence-corrected chi connectivity index (χ1v) is 10.7. The number of likely N-dealkylation sites (tertiary alicyclic amines) is 2. The average Bonchev–Trinajstić information content (AvgIpc) is 3.08. The zero-order valence-electron chi connectivity index (χ0n) is 16.6. The minimum Gasteiger partial charge on any atom is -0.331 e. The molecule has 2 fully saturated rings. The Morgan fingerprint density at radius 1 is 1.26 bits per heavy atom. The zero-order chi connectivity index (χ0) is 19.4. The quantitative estimate of drug-likeness (QED) is 0.854. The summed E-state index contributed by atoms with van der Waals surface area (Å²) in [6, 6.07) is 0.0189. The van der Waals surface area contributed by atoms with Gasteiger partial charge in [0, 0.05) is 51.6 Å². The summed E-state index contributed by atoms with van der Waals surface area (Å²) in [5, 5.41) is 5.72. The maximum Gasteiger partial charge on any atom is 0.319 e. The van der Waals surface area contributed by atoms with Crippen LogP contribution in [0, 0.1) is 11.8 Å². The third-order valence-corrected chi connectivity index (χ3v) is 6.23. The van der Waals surface area contributed by atoms with Crippen molar-refractivity contribution in [3.05, 3.63) is 11.1 Å². The number of aromatic nitrogens is 1. The second-order valence-corrected chi connectivity index (χ2v) is 8.91. The molecule has 1 aromatic rings. The SMILES string of the molecule is CC1CCCN(Cc2csc(NC(=O)C3CCN(C(=O)N(C)C)CC3)n2)C1. The van der Waals surface area contributed by atoms with Crippen LogP contribution in [0.3, 0.4) is 0 Å². The molecule has 0 aromatic carbocycles. The number of rotatable bonds is 4. The topological polar surface area (TPSA) is 68.8 Å². The molecule has 150 valence electrons. The molecule has 3 amide bonds. The summed E-state index contributed by atoms with van der Waals surface area (Å²) < 4.78 is 0. The molecule has 1 N–H and O–H groups in total. The van der Waals surface area contributed by atoms with Gasteiger partial charge in [0.1, 0.15) is 0 Å². The van der Waals surface area contributed by atoms with Crippen LogP contribution in [-0.4, -0.2) is 71.9 Å². The summed E-state index contributed by atoms with van der Waals surface area (Å²) in [6.07, 6.45) is 3.97. The fourth-order valence-electron chi connectivity index (χ4n) is 3.92. The molecule has 2 aliphatic rings. The van der Waals surface area contributed by atoms with Gasteiger partial charge in [-0.3, -0.25) is 9.69 Å².